The molecule has 0 aromatic heterocycles. The smallest absolute Gasteiger partial charge is 0.0713 e. The molecule has 2 aliphatic rings. The molecule has 0 radical (unpaired) electrons. The summed E-state index contributed by atoms with van der Waals surface area (Å²) in [6.07, 6.45) is 4.37. The van der Waals surface area contributed by atoms with E-state index in [0.29, 0.717) is 18.5 Å². The molecule has 2 rings (SSSR count). The molecule has 4 heteroatoms. The molecule has 2 N–H and O–H groups in total. The zero-order valence-electron chi connectivity index (χ0n) is 11.7. The van der Waals surface area contributed by atoms with Crippen LogP contribution in [-0.2, 0) is 4.74 Å². The summed E-state index contributed by atoms with van der Waals surface area (Å²) in [6.45, 7) is 5.72. The molecule has 2 heterocycles. The van der Waals surface area contributed by atoms with E-state index in [2.05, 4.69) is 19.2 Å². The van der Waals surface area contributed by atoms with Crippen molar-refractivity contribution in [2.75, 3.05) is 24.7 Å². The van der Waals surface area contributed by atoms with Gasteiger partial charge < -0.3 is 15.2 Å². The number of thioether (sulfide) groups is 1. The zero-order chi connectivity index (χ0) is 13.0. The van der Waals surface area contributed by atoms with Crippen molar-refractivity contribution in [3.63, 3.8) is 0 Å². The Labute approximate surface area is 115 Å². The fourth-order valence-corrected chi connectivity index (χ4v) is 4.05. The second-order valence-electron chi connectivity index (χ2n) is 6.05. The van der Waals surface area contributed by atoms with Gasteiger partial charge in [-0.15, -0.1) is 0 Å². The highest BCUT2D eigenvalue weighted by Crippen LogP contribution is 2.37. The Morgan fingerprint density at radius 3 is 2.78 bits per heavy atom. The van der Waals surface area contributed by atoms with Crippen molar-refractivity contribution in [2.24, 2.45) is 5.92 Å². The Balaban J connectivity index is 1.79. The third-order valence-electron chi connectivity index (χ3n) is 4.28. The molecule has 2 saturated heterocycles. The molecule has 1 spiro atoms. The lowest BCUT2D eigenvalue weighted by Gasteiger charge is -2.43. The molecule has 2 unspecified atom stereocenters. The van der Waals surface area contributed by atoms with Crippen molar-refractivity contribution in [2.45, 2.75) is 57.3 Å². The van der Waals surface area contributed by atoms with Gasteiger partial charge in [-0.3, -0.25) is 0 Å². The second kappa shape index (κ2) is 6.60. The Hall–Kier alpha value is 0.230. The van der Waals surface area contributed by atoms with Gasteiger partial charge in [-0.05, 0) is 43.1 Å². The fourth-order valence-electron chi connectivity index (χ4n) is 2.82. The van der Waals surface area contributed by atoms with Crippen LogP contribution in [0.3, 0.4) is 0 Å². The maximum Gasteiger partial charge on any atom is 0.0713 e. The maximum atomic E-state index is 9.86. The van der Waals surface area contributed by atoms with Crippen LogP contribution in [0.2, 0.25) is 0 Å². The Bertz CT molecular complexity index is 249. The van der Waals surface area contributed by atoms with Crippen molar-refractivity contribution >= 4 is 11.8 Å². The van der Waals surface area contributed by atoms with Gasteiger partial charge in [0.1, 0.15) is 0 Å². The lowest BCUT2D eigenvalue weighted by molar-refractivity contribution is -0.0940. The van der Waals surface area contributed by atoms with Crippen LogP contribution in [0.5, 0.6) is 0 Å². The van der Waals surface area contributed by atoms with E-state index in [-0.39, 0.29) is 11.7 Å². The van der Waals surface area contributed by atoms with E-state index in [0.717, 1.165) is 19.4 Å². The monoisotopic (exact) mass is 273 g/mol. The summed E-state index contributed by atoms with van der Waals surface area (Å²) in [7, 11) is 0. The molecule has 2 aliphatic heterocycles. The summed E-state index contributed by atoms with van der Waals surface area (Å²) in [5, 5.41) is 13.4. The normalized spacial score (nSPS) is 29.7. The van der Waals surface area contributed by atoms with Crippen LogP contribution in [-0.4, -0.2) is 47.5 Å². The van der Waals surface area contributed by atoms with Crippen molar-refractivity contribution in [3.05, 3.63) is 0 Å². The van der Waals surface area contributed by atoms with Crippen molar-refractivity contribution in [1.82, 2.24) is 5.32 Å². The van der Waals surface area contributed by atoms with Gasteiger partial charge in [-0.1, -0.05) is 13.8 Å². The predicted octanol–water partition coefficient (Wildman–Crippen LogP) is 2.04. The first kappa shape index (κ1) is 14.6. The molecule has 0 aliphatic carbocycles. The summed E-state index contributed by atoms with van der Waals surface area (Å²) in [5.74, 6) is 2.81. The molecule has 3 nitrogen and oxygen atoms in total. The molecular formula is C14H27NO2S. The molecule has 2 atom stereocenters. The SMILES string of the molecule is CC(C)C(O)CNC1CCOC2(CCSCC2)C1. The first-order chi connectivity index (χ1) is 8.61. The molecule has 0 saturated carbocycles. The van der Waals surface area contributed by atoms with Crippen LogP contribution < -0.4 is 5.32 Å². The van der Waals surface area contributed by atoms with Crippen LogP contribution in [0.15, 0.2) is 0 Å². The number of ether oxygens (including phenoxy) is 1. The molecular weight excluding hydrogens is 246 g/mol. The average molecular weight is 273 g/mol. The third-order valence-corrected chi connectivity index (χ3v) is 5.27. The van der Waals surface area contributed by atoms with E-state index in [4.69, 9.17) is 4.74 Å². The van der Waals surface area contributed by atoms with Crippen molar-refractivity contribution < 1.29 is 9.84 Å². The molecule has 0 bridgehead atoms. The second-order valence-corrected chi connectivity index (χ2v) is 7.28. The van der Waals surface area contributed by atoms with Crippen LogP contribution >= 0.6 is 11.8 Å². The van der Waals surface area contributed by atoms with Gasteiger partial charge in [0.05, 0.1) is 11.7 Å². The minimum Gasteiger partial charge on any atom is -0.392 e. The van der Waals surface area contributed by atoms with Crippen molar-refractivity contribution in [1.29, 1.82) is 0 Å². The number of aliphatic hydroxyl groups is 1. The Morgan fingerprint density at radius 1 is 1.39 bits per heavy atom. The number of nitrogens with one attached hydrogen (secondary N) is 1. The van der Waals surface area contributed by atoms with Gasteiger partial charge in [-0.25, -0.2) is 0 Å². The Kier molecular flexibility index (Phi) is 5.36. The minimum absolute atomic E-state index is 0.143. The van der Waals surface area contributed by atoms with Gasteiger partial charge in [0, 0.05) is 19.2 Å². The lowest BCUT2D eigenvalue weighted by atomic mass is 9.85. The largest absolute Gasteiger partial charge is 0.392 e. The first-order valence-corrected chi connectivity index (χ1v) is 8.40. The van der Waals surface area contributed by atoms with Crippen LogP contribution in [0.4, 0.5) is 0 Å². The van der Waals surface area contributed by atoms with Gasteiger partial charge in [0.25, 0.3) is 0 Å². The zero-order valence-corrected chi connectivity index (χ0v) is 12.5. The van der Waals surface area contributed by atoms with E-state index in [9.17, 15) is 5.11 Å². The topological polar surface area (TPSA) is 41.5 Å². The van der Waals surface area contributed by atoms with E-state index >= 15 is 0 Å². The quantitative estimate of drug-likeness (QED) is 0.822. The highest BCUT2D eigenvalue weighted by Gasteiger charge is 2.38. The molecule has 106 valence electrons. The van der Waals surface area contributed by atoms with E-state index in [1.165, 1.54) is 24.3 Å². The van der Waals surface area contributed by atoms with Crippen LogP contribution in [0.1, 0.15) is 39.5 Å². The lowest BCUT2D eigenvalue weighted by Crippen LogP contribution is -2.50. The number of hydrogen-bond acceptors (Lipinski definition) is 4. The van der Waals surface area contributed by atoms with Gasteiger partial charge in [0.2, 0.25) is 0 Å². The van der Waals surface area contributed by atoms with Crippen LogP contribution in [0.25, 0.3) is 0 Å². The predicted molar refractivity (Wildman–Crippen MR) is 77.1 cm³/mol. The highest BCUT2D eigenvalue weighted by molar-refractivity contribution is 7.99. The molecule has 0 aromatic carbocycles. The maximum absolute atomic E-state index is 9.86. The summed E-state index contributed by atoms with van der Waals surface area (Å²) in [4.78, 5) is 0. The molecule has 2 fully saturated rings. The fraction of sp³-hybridized carbons (Fsp3) is 1.00. The number of aliphatic hydroxyl groups excluding tert-OH is 1. The summed E-state index contributed by atoms with van der Waals surface area (Å²) in [5.41, 5.74) is 0.143. The summed E-state index contributed by atoms with van der Waals surface area (Å²) >= 11 is 2.05. The molecule has 18 heavy (non-hydrogen) atoms. The summed E-state index contributed by atoms with van der Waals surface area (Å²) in [6, 6.07) is 0.523. The third kappa shape index (κ3) is 3.86. The highest BCUT2D eigenvalue weighted by atomic mass is 32.2. The minimum atomic E-state index is -0.231. The molecule has 0 aromatic rings. The summed E-state index contributed by atoms with van der Waals surface area (Å²) < 4.78 is 6.08. The van der Waals surface area contributed by atoms with Gasteiger partial charge >= 0.3 is 0 Å². The van der Waals surface area contributed by atoms with Crippen LogP contribution in [0, 0.1) is 5.92 Å². The first-order valence-electron chi connectivity index (χ1n) is 7.24. The van der Waals surface area contributed by atoms with Gasteiger partial charge in [0.15, 0.2) is 0 Å². The van der Waals surface area contributed by atoms with Gasteiger partial charge in [-0.2, -0.15) is 11.8 Å². The van der Waals surface area contributed by atoms with E-state index < -0.39 is 0 Å². The van der Waals surface area contributed by atoms with E-state index in [1.54, 1.807) is 0 Å². The van der Waals surface area contributed by atoms with E-state index in [1.807, 2.05) is 11.8 Å². The standard InChI is InChI=1S/C14H27NO2S/c1-11(2)13(16)10-15-12-3-6-17-14(9-12)4-7-18-8-5-14/h11-13,15-16H,3-10H2,1-2H3. The molecule has 0 amide bonds. The number of rotatable bonds is 4. The average Bonchev–Trinajstić information content (AvgIpc) is 2.37. The Morgan fingerprint density at radius 2 is 2.11 bits per heavy atom. The number of hydrogen-bond donors (Lipinski definition) is 2. The van der Waals surface area contributed by atoms with Crippen molar-refractivity contribution in [3.8, 4) is 0 Å².